The number of nitrogens with zero attached hydrogens (tertiary/aromatic N) is 4. The van der Waals surface area contributed by atoms with Crippen LogP contribution in [0, 0.1) is 6.92 Å². The average Bonchev–Trinajstić information content (AvgIpc) is 2.86. The Morgan fingerprint density at radius 1 is 1.06 bits per heavy atom. The molecule has 0 aliphatic rings. The molecule has 0 unspecified atom stereocenters. The molecule has 0 bridgehead atoms. The largest absolute Gasteiger partial charge is 0.425 e. The zero-order chi connectivity index (χ0) is 13.3. The van der Waals surface area contributed by atoms with Gasteiger partial charge in [0, 0.05) is 19.3 Å². The minimum Gasteiger partial charge on any atom is -0.425 e. The molecule has 0 radical (unpaired) electrons. The van der Waals surface area contributed by atoms with Crippen molar-refractivity contribution in [3.05, 3.63) is 23.6 Å². The number of aromatic nitrogens is 4. The van der Waals surface area contributed by atoms with E-state index in [-0.39, 0.29) is 11.3 Å². The summed E-state index contributed by atoms with van der Waals surface area (Å²) in [4.78, 5) is 0. The van der Waals surface area contributed by atoms with E-state index >= 15 is 0 Å². The van der Waals surface area contributed by atoms with Gasteiger partial charge in [0.1, 0.15) is 0 Å². The maximum absolute atomic E-state index is 5.60. The Hall–Kier alpha value is -1.72. The van der Waals surface area contributed by atoms with E-state index in [0.717, 1.165) is 0 Å². The summed E-state index contributed by atoms with van der Waals surface area (Å²) in [6.45, 7) is 9.84. The molecule has 2 aromatic rings. The lowest BCUT2D eigenvalue weighted by molar-refractivity contribution is 0.324. The third-order valence-corrected chi connectivity index (χ3v) is 2.67. The zero-order valence-electron chi connectivity index (χ0n) is 11.4. The van der Waals surface area contributed by atoms with Crippen molar-refractivity contribution in [1.82, 2.24) is 20.4 Å². The monoisotopic (exact) mass is 250 g/mol. The van der Waals surface area contributed by atoms with E-state index in [1.807, 2.05) is 27.7 Å². The van der Waals surface area contributed by atoms with Crippen molar-refractivity contribution in [1.29, 1.82) is 0 Å². The molecule has 0 fully saturated rings. The molecule has 2 rings (SSSR count). The third kappa shape index (κ3) is 2.57. The highest BCUT2D eigenvalue weighted by Crippen LogP contribution is 2.26. The van der Waals surface area contributed by atoms with E-state index in [9.17, 15) is 0 Å². The number of hydrogen-bond acceptors (Lipinski definition) is 6. The van der Waals surface area contributed by atoms with E-state index in [1.165, 1.54) is 0 Å². The quantitative estimate of drug-likeness (QED) is 0.829. The predicted molar refractivity (Wildman–Crippen MR) is 64.2 cm³/mol. The molecule has 0 aromatic carbocycles. The van der Waals surface area contributed by atoms with E-state index in [0.29, 0.717) is 30.0 Å². The SMILES string of the molecule is Cc1nnc(C(C)(C)Cc2nnc(C(C)C)o2)o1. The van der Waals surface area contributed by atoms with Crippen LogP contribution < -0.4 is 0 Å². The average molecular weight is 250 g/mol. The molecule has 0 N–H and O–H groups in total. The maximum atomic E-state index is 5.60. The second-order valence-electron chi connectivity index (χ2n) is 5.38. The van der Waals surface area contributed by atoms with Crippen LogP contribution in [0.2, 0.25) is 0 Å². The zero-order valence-corrected chi connectivity index (χ0v) is 11.4. The second kappa shape index (κ2) is 4.51. The van der Waals surface area contributed by atoms with Crippen LogP contribution in [0.3, 0.4) is 0 Å². The molecule has 0 amide bonds. The lowest BCUT2D eigenvalue weighted by Gasteiger charge is -2.17. The molecule has 0 aliphatic carbocycles. The summed E-state index contributed by atoms with van der Waals surface area (Å²) in [5.74, 6) is 2.64. The third-order valence-electron chi connectivity index (χ3n) is 2.67. The minimum atomic E-state index is -0.317. The van der Waals surface area contributed by atoms with Gasteiger partial charge in [0.25, 0.3) is 0 Å². The first-order chi connectivity index (χ1) is 8.38. The van der Waals surface area contributed by atoms with Crippen LogP contribution in [0.15, 0.2) is 8.83 Å². The summed E-state index contributed by atoms with van der Waals surface area (Å²) in [5.41, 5.74) is -0.317. The van der Waals surface area contributed by atoms with Crippen molar-refractivity contribution in [2.75, 3.05) is 0 Å². The molecule has 0 saturated carbocycles. The highest BCUT2D eigenvalue weighted by atomic mass is 16.4. The van der Waals surface area contributed by atoms with Gasteiger partial charge < -0.3 is 8.83 Å². The summed E-state index contributed by atoms with van der Waals surface area (Å²) in [5, 5.41) is 16.0. The van der Waals surface area contributed by atoms with Gasteiger partial charge in [-0.25, -0.2) is 0 Å². The van der Waals surface area contributed by atoms with Gasteiger partial charge in [-0.15, -0.1) is 20.4 Å². The standard InChI is InChI=1S/C12H18N4O2/c1-7(2)10-15-14-9(18-10)6-12(4,5)11-16-13-8(3)17-11/h7H,6H2,1-5H3. The van der Waals surface area contributed by atoms with Gasteiger partial charge in [-0.05, 0) is 0 Å². The Morgan fingerprint density at radius 2 is 1.78 bits per heavy atom. The Morgan fingerprint density at radius 3 is 2.28 bits per heavy atom. The summed E-state index contributed by atoms with van der Waals surface area (Å²) in [6, 6.07) is 0. The van der Waals surface area contributed by atoms with Gasteiger partial charge in [-0.3, -0.25) is 0 Å². The first-order valence-corrected chi connectivity index (χ1v) is 6.01. The predicted octanol–water partition coefficient (Wildman–Crippen LogP) is 2.40. The number of hydrogen-bond donors (Lipinski definition) is 0. The van der Waals surface area contributed by atoms with Gasteiger partial charge in [0.15, 0.2) is 0 Å². The van der Waals surface area contributed by atoms with Crippen molar-refractivity contribution >= 4 is 0 Å². The lowest BCUT2D eigenvalue weighted by Crippen LogP contribution is -2.21. The van der Waals surface area contributed by atoms with E-state index in [2.05, 4.69) is 20.4 Å². The molecule has 0 spiro atoms. The van der Waals surface area contributed by atoms with Crippen LogP contribution in [-0.2, 0) is 11.8 Å². The fourth-order valence-electron chi connectivity index (χ4n) is 1.60. The van der Waals surface area contributed by atoms with Crippen molar-refractivity contribution in [2.24, 2.45) is 0 Å². The van der Waals surface area contributed by atoms with Crippen LogP contribution in [0.1, 0.15) is 57.2 Å². The summed E-state index contributed by atoms with van der Waals surface area (Å²) in [7, 11) is 0. The van der Waals surface area contributed by atoms with E-state index in [4.69, 9.17) is 8.83 Å². The van der Waals surface area contributed by atoms with Crippen LogP contribution in [0.4, 0.5) is 0 Å². The van der Waals surface area contributed by atoms with Crippen molar-refractivity contribution in [2.45, 2.75) is 52.4 Å². The normalized spacial score (nSPS) is 12.3. The molecule has 98 valence electrons. The Bertz CT molecular complexity index is 528. The first kappa shape index (κ1) is 12.7. The lowest BCUT2D eigenvalue weighted by atomic mass is 9.89. The second-order valence-corrected chi connectivity index (χ2v) is 5.38. The van der Waals surface area contributed by atoms with Crippen LogP contribution in [0.25, 0.3) is 0 Å². The molecule has 6 nitrogen and oxygen atoms in total. The molecule has 0 saturated heterocycles. The van der Waals surface area contributed by atoms with Gasteiger partial charge in [-0.1, -0.05) is 27.7 Å². The Kier molecular flexibility index (Phi) is 3.19. The molecule has 0 atom stereocenters. The summed E-state index contributed by atoms with van der Waals surface area (Å²) >= 11 is 0. The van der Waals surface area contributed by atoms with Gasteiger partial charge in [0.05, 0.1) is 5.41 Å². The molecular formula is C12H18N4O2. The maximum Gasteiger partial charge on any atom is 0.222 e. The molecule has 2 aromatic heterocycles. The van der Waals surface area contributed by atoms with Gasteiger partial charge in [0.2, 0.25) is 23.6 Å². The van der Waals surface area contributed by atoms with Gasteiger partial charge in [-0.2, -0.15) is 0 Å². The van der Waals surface area contributed by atoms with Crippen LogP contribution in [-0.4, -0.2) is 20.4 Å². The Labute approximate surface area is 106 Å². The van der Waals surface area contributed by atoms with Crippen LogP contribution >= 0.6 is 0 Å². The highest BCUT2D eigenvalue weighted by Gasteiger charge is 2.30. The van der Waals surface area contributed by atoms with Gasteiger partial charge >= 0.3 is 0 Å². The van der Waals surface area contributed by atoms with Crippen molar-refractivity contribution < 1.29 is 8.83 Å². The first-order valence-electron chi connectivity index (χ1n) is 6.01. The Balaban J connectivity index is 2.16. The molecular weight excluding hydrogens is 232 g/mol. The molecule has 6 heteroatoms. The molecule has 0 aliphatic heterocycles. The molecule has 18 heavy (non-hydrogen) atoms. The van der Waals surface area contributed by atoms with Crippen molar-refractivity contribution in [3.63, 3.8) is 0 Å². The number of aryl methyl sites for hydroxylation is 1. The fraction of sp³-hybridized carbons (Fsp3) is 0.667. The van der Waals surface area contributed by atoms with Crippen molar-refractivity contribution in [3.8, 4) is 0 Å². The van der Waals surface area contributed by atoms with E-state index < -0.39 is 0 Å². The van der Waals surface area contributed by atoms with E-state index in [1.54, 1.807) is 6.92 Å². The summed E-state index contributed by atoms with van der Waals surface area (Å²) in [6.07, 6.45) is 0.578. The minimum absolute atomic E-state index is 0.236. The fourth-order valence-corrected chi connectivity index (χ4v) is 1.60. The highest BCUT2D eigenvalue weighted by molar-refractivity contribution is 5.04. The van der Waals surface area contributed by atoms with Crippen LogP contribution in [0.5, 0.6) is 0 Å². The topological polar surface area (TPSA) is 77.8 Å². The smallest absolute Gasteiger partial charge is 0.222 e. The number of rotatable bonds is 4. The summed E-state index contributed by atoms with van der Waals surface area (Å²) < 4.78 is 11.1. The molecule has 2 heterocycles.